The van der Waals surface area contributed by atoms with E-state index in [1.807, 2.05) is 13.8 Å². The highest BCUT2D eigenvalue weighted by atomic mass is 19.1. The summed E-state index contributed by atoms with van der Waals surface area (Å²) in [5.74, 6) is 5.81. The van der Waals surface area contributed by atoms with E-state index in [1.165, 1.54) is 0 Å². The molecule has 0 aliphatic rings. The molecular weight excluding hydrogens is 225 g/mol. The van der Waals surface area contributed by atoms with E-state index in [4.69, 9.17) is 0 Å². The van der Waals surface area contributed by atoms with Crippen molar-refractivity contribution in [3.8, 4) is 11.8 Å². The van der Waals surface area contributed by atoms with Crippen molar-refractivity contribution in [2.75, 3.05) is 6.54 Å². The average Bonchev–Trinajstić information content (AvgIpc) is 2.32. The Morgan fingerprint density at radius 2 is 2.11 bits per heavy atom. The van der Waals surface area contributed by atoms with Crippen LogP contribution in [0.15, 0.2) is 18.2 Å². The molecule has 1 unspecified atom stereocenters. The fraction of sp³-hybridized carbons (Fsp3) is 0.500. The van der Waals surface area contributed by atoms with Crippen molar-refractivity contribution in [2.24, 2.45) is 0 Å². The lowest BCUT2D eigenvalue weighted by atomic mass is 10.00. The Morgan fingerprint density at radius 3 is 2.72 bits per heavy atom. The van der Waals surface area contributed by atoms with Gasteiger partial charge >= 0.3 is 0 Å². The molecule has 0 aromatic heterocycles. The molecular formula is C16H22FN. The van der Waals surface area contributed by atoms with Crippen molar-refractivity contribution in [2.45, 2.75) is 46.1 Å². The van der Waals surface area contributed by atoms with Crippen molar-refractivity contribution in [3.05, 3.63) is 35.1 Å². The Hall–Kier alpha value is -1.33. The Kier molecular flexibility index (Phi) is 6.46. The molecule has 18 heavy (non-hydrogen) atoms. The molecule has 1 N–H and O–H groups in total. The van der Waals surface area contributed by atoms with Crippen LogP contribution in [0.5, 0.6) is 0 Å². The highest BCUT2D eigenvalue weighted by Gasteiger charge is 2.11. The average molecular weight is 247 g/mol. The minimum Gasteiger partial charge on any atom is -0.310 e. The number of halogens is 1. The minimum absolute atomic E-state index is 0.158. The third-order valence-electron chi connectivity index (χ3n) is 2.84. The number of rotatable bonds is 6. The van der Waals surface area contributed by atoms with Gasteiger partial charge in [0.05, 0.1) is 0 Å². The lowest BCUT2D eigenvalue weighted by Crippen LogP contribution is -2.22. The van der Waals surface area contributed by atoms with Gasteiger partial charge in [0, 0.05) is 12.5 Å². The summed E-state index contributed by atoms with van der Waals surface area (Å²) in [6.07, 6.45) is 2.83. The first kappa shape index (κ1) is 14.7. The van der Waals surface area contributed by atoms with Gasteiger partial charge in [0.15, 0.2) is 0 Å². The third kappa shape index (κ3) is 4.89. The summed E-state index contributed by atoms with van der Waals surface area (Å²) in [6, 6.07) is 5.43. The quantitative estimate of drug-likeness (QED) is 0.750. The first-order valence-corrected chi connectivity index (χ1v) is 6.57. The van der Waals surface area contributed by atoms with Crippen LogP contribution in [0.25, 0.3) is 0 Å². The topological polar surface area (TPSA) is 12.0 Å². The standard InChI is InChI=1S/C16H22FN/c1-4-6-7-8-16(18-9-5-2)14-10-13(3)11-15(17)12-14/h10-12,16,18H,5,7-9H2,1-3H3. The Morgan fingerprint density at radius 1 is 1.33 bits per heavy atom. The summed E-state index contributed by atoms with van der Waals surface area (Å²) >= 11 is 0. The molecule has 0 aliphatic heterocycles. The van der Waals surface area contributed by atoms with E-state index in [1.54, 1.807) is 12.1 Å². The molecule has 0 bridgehead atoms. The molecule has 1 nitrogen and oxygen atoms in total. The van der Waals surface area contributed by atoms with Gasteiger partial charge in [-0.2, -0.15) is 0 Å². The predicted octanol–water partition coefficient (Wildman–Crippen LogP) is 3.98. The first-order valence-electron chi connectivity index (χ1n) is 6.57. The van der Waals surface area contributed by atoms with E-state index in [0.29, 0.717) is 0 Å². The number of benzene rings is 1. The SMILES string of the molecule is CC#CCCC(NCCC)c1cc(C)cc(F)c1. The highest BCUT2D eigenvalue weighted by Crippen LogP contribution is 2.21. The molecule has 0 heterocycles. The van der Waals surface area contributed by atoms with Gasteiger partial charge in [-0.1, -0.05) is 13.0 Å². The van der Waals surface area contributed by atoms with Crippen molar-refractivity contribution in [1.29, 1.82) is 0 Å². The predicted molar refractivity (Wildman–Crippen MR) is 74.9 cm³/mol. The van der Waals surface area contributed by atoms with Gasteiger partial charge in [0.25, 0.3) is 0 Å². The number of hydrogen-bond acceptors (Lipinski definition) is 1. The van der Waals surface area contributed by atoms with Gasteiger partial charge in [-0.15, -0.1) is 11.8 Å². The van der Waals surface area contributed by atoms with E-state index in [9.17, 15) is 4.39 Å². The molecule has 1 atom stereocenters. The summed E-state index contributed by atoms with van der Waals surface area (Å²) in [7, 11) is 0. The van der Waals surface area contributed by atoms with Crippen LogP contribution in [0.1, 0.15) is 50.3 Å². The summed E-state index contributed by atoms with van der Waals surface area (Å²) in [5.41, 5.74) is 1.99. The van der Waals surface area contributed by atoms with Crippen LogP contribution >= 0.6 is 0 Å². The van der Waals surface area contributed by atoms with Crippen LogP contribution in [0.4, 0.5) is 4.39 Å². The minimum atomic E-state index is -0.158. The molecule has 0 saturated heterocycles. The Labute approximate surface area is 110 Å². The van der Waals surface area contributed by atoms with Crippen LogP contribution in [0.3, 0.4) is 0 Å². The second-order valence-electron chi connectivity index (χ2n) is 4.53. The highest BCUT2D eigenvalue weighted by molar-refractivity contribution is 5.26. The zero-order valence-electron chi connectivity index (χ0n) is 11.5. The van der Waals surface area contributed by atoms with E-state index in [2.05, 4.69) is 30.1 Å². The van der Waals surface area contributed by atoms with Gasteiger partial charge in [0.2, 0.25) is 0 Å². The Balaban J connectivity index is 2.81. The van der Waals surface area contributed by atoms with Crippen molar-refractivity contribution in [1.82, 2.24) is 5.32 Å². The summed E-state index contributed by atoms with van der Waals surface area (Å²) in [6.45, 7) is 6.85. The monoisotopic (exact) mass is 247 g/mol. The molecule has 0 spiro atoms. The van der Waals surface area contributed by atoms with E-state index < -0.39 is 0 Å². The molecule has 2 heteroatoms. The van der Waals surface area contributed by atoms with Gasteiger partial charge in [0.1, 0.15) is 5.82 Å². The van der Waals surface area contributed by atoms with Crippen molar-refractivity contribution >= 4 is 0 Å². The van der Waals surface area contributed by atoms with Crippen LogP contribution in [0, 0.1) is 24.6 Å². The molecule has 1 aromatic rings. The maximum absolute atomic E-state index is 13.4. The molecule has 0 amide bonds. The van der Waals surface area contributed by atoms with Crippen molar-refractivity contribution < 1.29 is 4.39 Å². The smallest absolute Gasteiger partial charge is 0.123 e. The van der Waals surface area contributed by atoms with Crippen molar-refractivity contribution in [3.63, 3.8) is 0 Å². The summed E-state index contributed by atoms with van der Waals surface area (Å²) < 4.78 is 13.4. The zero-order valence-corrected chi connectivity index (χ0v) is 11.5. The van der Waals surface area contributed by atoms with Gasteiger partial charge in [-0.05, 0) is 56.5 Å². The number of aryl methyl sites for hydroxylation is 1. The van der Waals surface area contributed by atoms with Crippen LogP contribution in [0.2, 0.25) is 0 Å². The van der Waals surface area contributed by atoms with Gasteiger partial charge in [-0.3, -0.25) is 0 Å². The molecule has 1 aromatic carbocycles. The fourth-order valence-corrected chi connectivity index (χ4v) is 2.01. The lowest BCUT2D eigenvalue weighted by Gasteiger charge is -2.18. The summed E-state index contributed by atoms with van der Waals surface area (Å²) in [5, 5.41) is 3.46. The van der Waals surface area contributed by atoms with Crippen LogP contribution < -0.4 is 5.32 Å². The largest absolute Gasteiger partial charge is 0.310 e. The molecule has 0 radical (unpaired) electrons. The second-order valence-corrected chi connectivity index (χ2v) is 4.53. The molecule has 0 saturated carbocycles. The van der Waals surface area contributed by atoms with E-state index in [0.717, 1.165) is 36.9 Å². The fourth-order valence-electron chi connectivity index (χ4n) is 2.01. The number of hydrogen-bond donors (Lipinski definition) is 1. The van der Waals surface area contributed by atoms with Crippen LogP contribution in [-0.4, -0.2) is 6.54 Å². The van der Waals surface area contributed by atoms with E-state index in [-0.39, 0.29) is 11.9 Å². The normalized spacial score (nSPS) is 11.8. The van der Waals surface area contributed by atoms with Crippen LogP contribution in [-0.2, 0) is 0 Å². The molecule has 1 rings (SSSR count). The maximum atomic E-state index is 13.4. The molecule has 98 valence electrons. The maximum Gasteiger partial charge on any atom is 0.123 e. The molecule has 0 aliphatic carbocycles. The first-order chi connectivity index (χ1) is 8.67. The lowest BCUT2D eigenvalue weighted by molar-refractivity contribution is 0.501. The van der Waals surface area contributed by atoms with Gasteiger partial charge < -0.3 is 5.32 Å². The van der Waals surface area contributed by atoms with E-state index >= 15 is 0 Å². The molecule has 0 fully saturated rings. The second kappa shape index (κ2) is 7.89. The Bertz CT molecular complexity index is 408. The zero-order chi connectivity index (χ0) is 13.4. The summed E-state index contributed by atoms with van der Waals surface area (Å²) in [4.78, 5) is 0. The third-order valence-corrected chi connectivity index (χ3v) is 2.84. The van der Waals surface area contributed by atoms with Gasteiger partial charge in [-0.25, -0.2) is 4.39 Å². The number of nitrogens with one attached hydrogen (secondary N) is 1.